The second kappa shape index (κ2) is 11.3. The number of benzene rings is 2. The number of carbonyl (C=O) groups is 2. The monoisotopic (exact) mass is 451 g/mol. The molecule has 0 aliphatic carbocycles. The van der Waals surface area contributed by atoms with E-state index in [-0.39, 0.29) is 11.9 Å². The first-order valence-electron chi connectivity index (χ1n) is 11.8. The van der Waals surface area contributed by atoms with Crippen molar-refractivity contribution < 1.29 is 14.3 Å². The van der Waals surface area contributed by atoms with Crippen molar-refractivity contribution in [3.8, 4) is 0 Å². The fraction of sp³-hybridized carbons (Fsp3) is 0.481. The zero-order valence-corrected chi connectivity index (χ0v) is 20.3. The van der Waals surface area contributed by atoms with E-state index in [1.165, 1.54) is 18.4 Å². The first kappa shape index (κ1) is 24.8. The van der Waals surface area contributed by atoms with Gasteiger partial charge in [0.2, 0.25) is 5.91 Å². The van der Waals surface area contributed by atoms with Crippen LogP contribution in [-0.2, 0) is 22.5 Å². The molecule has 0 saturated carbocycles. The Bertz CT molecular complexity index is 900. The molecule has 1 saturated heterocycles. The van der Waals surface area contributed by atoms with Crippen LogP contribution >= 0.6 is 0 Å². The van der Waals surface area contributed by atoms with Gasteiger partial charge in [-0.3, -0.25) is 4.79 Å². The smallest absolute Gasteiger partial charge is 0.407 e. The van der Waals surface area contributed by atoms with Crippen LogP contribution in [0.4, 0.5) is 4.79 Å². The summed E-state index contributed by atoms with van der Waals surface area (Å²) >= 11 is 0. The van der Waals surface area contributed by atoms with Crippen LogP contribution in [0.2, 0.25) is 0 Å². The van der Waals surface area contributed by atoms with Gasteiger partial charge in [-0.25, -0.2) is 4.79 Å². The molecule has 1 heterocycles. The molecule has 2 aromatic carbocycles. The minimum Gasteiger partial charge on any atom is -0.444 e. The van der Waals surface area contributed by atoms with Crippen LogP contribution in [0.25, 0.3) is 0 Å². The lowest BCUT2D eigenvalue weighted by atomic mass is 10.0. The number of ether oxygens (including phenoxy) is 1. The van der Waals surface area contributed by atoms with E-state index in [0.29, 0.717) is 13.0 Å². The van der Waals surface area contributed by atoms with Crippen LogP contribution in [0.15, 0.2) is 54.6 Å². The van der Waals surface area contributed by atoms with Gasteiger partial charge in [-0.2, -0.15) is 0 Å². The molecule has 0 aromatic heterocycles. The maximum absolute atomic E-state index is 13.2. The van der Waals surface area contributed by atoms with E-state index in [2.05, 4.69) is 22.3 Å². The van der Waals surface area contributed by atoms with E-state index >= 15 is 0 Å². The first-order chi connectivity index (χ1) is 15.7. The Hall–Kier alpha value is -2.86. The van der Waals surface area contributed by atoms with Crippen LogP contribution in [0.1, 0.15) is 56.3 Å². The molecule has 2 amide bonds. The fourth-order valence-electron chi connectivity index (χ4n) is 4.07. The lowest BCUT2D eigenvalue weighted by Gasteiger charge is -2.32. The Morgan fingerprint density at radius 1 is 1.00 bits per heavy atom. The number of nitrogens with zero attached hydrogens (tertiary/aromatic N) is 2. The van der Waals surface area contributed by atoms with E-state index in [4.69, 9.17) is 4.74 Å². The van der Waals surface area contributed by atoms with Gasteiger partial charge in [-0.1, -0.05) is 54.6 Å². The summed E-state index contributed by atoms with van der Waals surface area (Å²) in [4.78, 5) is 29.4. The van der Waals surface area contributed by atoms with E-state index in [0.717, 1.165) is 30.8 Å². The maximum atomic E-state index is 13.2. The molecule has 1 fully saturated rings. The number of alkyl carbamates (subject to hydrolysis) is 1. The first-order valence-corrected chi connectivity index (χ1v) is 11.8. The third kappa shape index (κ3) is 7.90. The van der Waals surface area contributed by atoms with E-state index in [9.17, 15) is 9.59 Å². The molecule has 3 rings (SSSR count). The average Bonchev–Trinajstić information content (AvgIpc) is 3.29. The van der Waals surface area contributed by atoms with Gasteiger partial charge in [0, 0.05) is 20.1 Å². The predicted octanol–water partition coefficient (Wildman–Crippen LogP) is 4.55. The standard InChI is InChI=1S/C27H37N3O3/c1-27(2,3)33-26(32)28-19-22-14-12-21(13-15-22)18-25(31)29(4)24(20-30-16-8-9-17-30)23-10-6-5-7-11-23/h5-7,10-15,24H,8-9,16-20H2,1-4H3,(H,28,32)/t24-/m1/s1. The Kier molecular flexibility index (Phi) is 8.50. The summed E-state index contributed by atoms with van der Waals surface area (Å²) in [6.45, 7) is 8.96. The lowest BCUT2D eigenvalue weighted by molar-refractivity contribution is -0.131. The number of hydrogen-bond donors (Lipinski definition) is 1. The Balaban J connectivity index is 1.58. The van der Waals surface area contributed by atoms with Gasteiger partial charge >= 0.3 is 6.09 Å². The molecular weight excluding hydrogens is 414 g/mol. The SMILES string of the molecule is CN(C(=O)Cc1ccc(CNC(=O)OC(C)(C)C)cc1)[C@H](CN1CCCC1)c1ccccc1. The number of rotatable bonds is 8. The second-order valence-electron chi connectivity index (χ2n) is 9.79. The van der Waals surface area contributed by atoms with Crippen molar-refractivity contribution in [2.75, 3.05) is 26.7 Å². The molecule has 1 aliphatic rings. The number of nitrogens with one attached hydrogen (secondary N) is 1. The molecule has 178 valence electrons. The minimum atomic E-state index is -0.521. The van der Waals surface area contributed by atoms with Crippen molar-refractivity contribution in [3.05, 3.63) is 71.3 Å². The number of carbonyl (C=O) groups excluding carboxylic acids is 2. The predicted molar refractivity (Wildman–Crippen MR) is 131 cm³/mol. The van der Waals surface area contributed by atoms with E-state index in [1.54, 1.807) is 0 Å². The molecule has 1 atom stereocenters. The number of likely N-dealkylation sites (tertiary alicyclic amines) is 1. The van der Waals surface area contributed by atoms with Crippen molar-refractivity contribution in [3.63, 3.8) is 0 Å². The quantitative estimate of drug-likeness (QED) is 0.640. The highest BCUT2D eigenvalue weighted by atomic mass is 16.6. The lowest BCUT2D eigenvalue weighted by Crippen LogP contribution is -2.39. The van der Waals surface area contributed by atoms with Crippen molar-refractivity contribution >= 4 is 12.0 Å². The highest BCUT2D eigenvalue weighted by Crippen LogP contribution is 2.23. The van der Waals surface area contributed by atoms with Crippen LogP contribution in [0.3, 0.4) is 0 Å². The van der Waals surface area contributed by atoms with Gasteiger partial charge in [0.15, 0.2) is 0 Å². The number of amides is 2. The third-order valence-electron chi connectivity index (χ3n) is 5.89. The maximum Gasteiger partial charge on any atom is 0.407 e. The van der Waals surface area contributed by atoms with Crippen LogP contribution in [0, 0.1) is 0 Å². The molecule has 6 nitrogen and oxygen atoms in total. The number of hydrogen-bond acceptors (Lipinski definition) is 4. The van der Waals surface area contributed by atoms with Crippen molar-refractivity contribution in [1.29, 1.82) is 0 Å². The number of likely N-dealkylation sites (N-methyl/N-ethyl adjacent to an activating group) is 1. The summed E-state index contributed by atoms with van der Waals surface area (Å²) in [6, 6.07) is 18.1. The Morgan fingerprint density at radius 3 is 2.21 bits per heavy atom. The molecule has 1 N–H and O–H groups in total. The molecule has 0 radical (unpaired) electrons. The summed E-state index contributed by atoms with van der Waals surface area (Å²) in [7, 11) is 1.91. The average molecular weight is 452 g/mol. The summed E-state index contributed by atoms with van der Waals surface area (Å²) in [6.07, 6.45) is 2.37. The highest BCUT2D eigenvalue weighted by molar-refractivity contribution is 5.79. The Labute approximate surface area is 197 Å². The van der Waals surface area contributed by atoms with E-state index in [1.807, 2.05) is 75.2 Å². The highest BCUT2D eigenvalue weighted by Gasteiger charge is 2.25. The molecule has 0 unspecified atom stereocenters. The molecule has 33 heavy (non-hydrogen) atoms. The molecule has 0 bridgehead atoms. The third-order valence-corrected chi connectivity index (χ3v) is 5.89. The molecule has 6 heteroatoms. The van der Waals surface area contributed by atoms with Gasteiger partial charge in [-0.15, -0.1) is 0 Å². The van der Waals surface area contributed by atoms with Crippen molar-refractivity contribution in [1.82, 2.24) is 15.1 Å². The summed E-state index contributed by atoms with van der Waals surface area (Å²) in [5.74, 6) is 0.0997. The summed E-state index contributed by atoms with van der Waals surface area (Å²) in [5, 5.41) is 2.76. The molecular formula is C27H37N3O3. The fourth-order valence-corrected chi connectivity index (χ4v) is 4.07. The largest absolute Gasteiger partial charge is 0.444 e. The van der Waals surface area contributed by atoms with Gasteiger partial charge in [0.05, 0.1) is 12.5 Å². The Morgan fingerprint density at radius 2 is 1.61 bits per heavy atom. The summed E-state index contributed by atoms with van der Waals surface area (Å²) < 4.78 is 5.26. The summed E-state index contributed by atoms with van der Waals surface area (Å²) in [5.41, 5.74) is 2.57. The molecule has 0 spiro atoms. The zero-order valence-electron chi connectivity index (χ0n) is 20.3. The molecule has 2 aromatic rings. The topological polar surface area (TPSA) is 61.9 Å². The van der Waals surface area contributed by atoms with Gasteiger partial charge < -0.3 is 19.9 Å². The van der Waals surface area contributed by atoms with Crippen molar-refractivity contribution in [2.45, 2.75) is 58.2 Å². The van der Waals surface area contributed by atoms with Gasteiger partial charge in [0.25, 0.3) is 0 Å². The van der Waals surface area contributed by atoms with Crippen LogP contribution < -0.4 is 5.32 Å². The normalized spacial score (nSPS) is 15.2. The van der Waals surface area contributed by atoms with Crippen molar-refractivity contribution in [2.24, 2.45) is 0 Å². The van der Waals surface area contributed by atoms with Gasteiger partial charge in [0.1, 0.15) is 5.60 Å². The second-order valence-corrected chi connectivity index (χ2v) is 9.79. The van der Waals surface area contributed by atoms with Gasteiger partial charge in [-0.05, 0) is 63.4 Å². The van der Waals surface area contributed by atoms with Crippen LogP contribution in [0.5, 0.6) is 0 Å². The molecule has 1 aliphatic heterocycles. The minimum absolute atomic E-state index is 0.0362. The van der Waals surface area contributed by atoms with Crippen LogP contribution in [-0.4, -0.2) is 54.1 Å². The van der Waals surface area contributed by atoms with E-state index < -0.39 is 11.7 Å². The zero-order chi connectivity index (χ0) is 23.8.